The van der Waals surface area contributed by atoms with E-state index in [9.17, 15) is 9.59 Å². The second-order valence-corrected chi connectivity index (χ2v) is 7.33. The van der Waals surface area contributed by atoms with Gasteiger partial charge >= 0.3 is 0 Å². The second-order valence-electron chi connectivity index (χ2n) is 7.33. The summed E-state index contributed by atoms with van der Waals surface area (Å²) in [5, 5.41) is 3.07. The van der Waals surface area contributed by atoms with Crippen LogP contribution < -0.4 is 5.32 Å². The largest absolute Gasteiger partial charge is 0.342 e. The highest BCUT2D eigenvalue weighted by atomic mass is 16.2. The Balaban J connectivity index is 1.79. The number of hydrogen-bond acceptors (Lipinski definition) is 2. The zero-order valence-electron chi connectivity index (χ0n) is 12.5. The van der Waals surface area contributed by atoms with Crippen LogP contribution >= 0.6 is 0 Å². The molecule has 0 radical (unpaired) electrons. The van der Waals surface area contributed by atoms with Crippen molar-refractivity contribution in [3.8, 4) is 0 Å². The molecule has 3 fully saturated rings. The predicted octanol–water partition coefficient (Wildman–Crippen LogP) is 2.23. The Hall–Kier alpha value is -1.06. The first-order valence-electron chi connectivity index (χ1n) is 8.14. The van der Waals surface area contributed by atoms with Crippen LogP contribution in [0.2, 0.25) is 0 Å². The molecule has 112 valence electrons. The summed E-state index contributed by atoms with van der Waals surface area (Å²) in [5.41, 5.74) is -0.287. The Labute approximate surface area is 121 Å². The van der Waals surface area contributed by atoms with Gasteiger partial charge in [0.2, 0.25) is 11.8 Å². The van der Waals surface area contributed by atoms with Gasteiger partial charge in [-0.3, -0.25) is 9.59 Å². The number of carbonyl (C=O) groups excluding carboxylic acids is 2. The molecule has 0 aromatic heterocycles. The Kier molecular flexibility index (Phi) is 3.51. The summed E-state index contributed by atoms with van der Waals surface area (Å²) in [6.07, 6.45) is 9.10. The maximum Gasteiger partial charge on any atom is 0.248 e. The quantitative estimate of drug-likeness (QED) is 0.842. The average Bonchev–Trinajstić information content (AvgIpc) is 2.50. The van der Waals surface area contributed by atoms with Gasteiger partial charge in [0.15, 0.2) is 0 Å². The van der Waals surface area contributed by atoms with E-state index in [0.717, 1.165) is 32.2 Å². The van der Waals surface area contributed by atoms with Crippen molar-refractivity contribution in [2.24, 2.45) is 5.41 Å². The zero-order chi connectivity index (χ0) is 14.2. The Morgan fingerprint density at radius 2 is 1.75 bits per heavy atom. The molecule has 2 aliphatic carbocycles. The monoisotopic (exact) mass is 278 g/mol. The zero-order valence-corrected chi connectivity index (χ0v) is 12.5. The third kappa shape index (κ3) is 2.45. The number of carbonyl (C=O) groups is 2. The molecule has 4 heteroatoms. The van der Waals surface area contributed by atoms with Gasteiger partial charge in [-0.1, -0.05) is 32.6 Å². The minimum Gasteiger partial charge on any atom is -0.342 e. The van der Waals surface area contributed by atoms with Crippen LogP contribution in [0.1, 0.15) is 64.7 Å². The molecule has 1 saturated heterocycles. The second kappa shape index (κ2) is 5.05. The molecular formula is C16H26N2O2. The van der Waals surface area contributed by atoms with Crippen LogP contribution in [-0.4, -0.2) is 35.3 Å². The van der Waals surface area contributed by atoms with Gasteiger partial charge in [0, 0.05) is 19.5 Å². The number of nitrogens with zero attached hydrogens (tertiary/aromatic N) is 1. The summed E-state index contributed by atoms with van der Waals surface area (Å²) >= 11 is 0. The smallest absolute Gasteiger partial charge is 0.248 e. The number of nitrogens with one attached hydrogen (secondary N) is 1. The Bertz CT molecular complexity index is 409. The summed E-state index contributed by atoms with van der Waals surface area (Å²) in [6.45, 7) is 3.71. The van der Waals surface area contributed by atoms with Crippen molar-refractivity contribution in [1.29, 1.82) is 0 Å². The first-order valence-corrected chi connectivity index (χ1v) is 8.14. The summed E-state index contributed by atoms with van der Waals surface area (Å²) in [4.78, 5) is 27.0. The van der Waals surface area contributed by atoms with Crippen molar-refractivity contribution in [2.45, 2.75) is 70.3 Å². The lowest BCUT2D eigenvalue weighted by atomic mass is 9.70. The topological polar surface area (TPSA) is 49.4 Å². The molecule has 20 heavy (non-hydrogen) atoms. The van der Waals surface area contributed by atoms with Gasteiger partial charge in [0.1, 0.15) is 5.54 Å². The highest BCUT2D eigenvalue weighted by Crippen LogP contribution is 2.42. The maximum atomic E-state index is 13.0. The fraction of sp³-hybridized carbons (Fsp3) is 0.875. The van der Waals surface area contributed by atoms with Gasteiger partial charge in [-0.05, 0) is 31.1 Å². The van der Waals surface area contributed by atoms with Crippen molar-refractivity contribution in [3.63, 3.8) is 0 Å². The van der Waals surface area contributed by atoms with Gasteiger partial charge in [-0.15, -0.1) is 0 Å². The molecule has 3 rings (SSSR count). The van der Waals surface area contributed by atoms with Crippen molar-refractivity contribution in [3.05, 3.63) is 0 Å². The van der Waals surface area contributed by atoms with E-state index in [-0.39, 0.29) is 11.8 Å². The highest BCUT2D eigenvalue weighted by molar-refractivity contribution is 5.93. The van der Waals surface area contributed by atoms with Gasteiger partial charge in [-0.25, -0.2) is 0 Å². The molecule has 1 heterocycles. The Morgan fingerprint density at radius 1 is 1.05 bits per heavy atom. The van der Waals surface area contributed by atoms with Gasteiger partial charge in [-0.2, -0.15) is 0 Å². The standard InChI is InChI=1S/C16H26N2O2/c1-15(7-5-8-15)12-18-11-6-13(19)17-16(14(18)20)9-3-2-4-10-16/h2-12H2,1H3,(H,17,19). The molecule has 2 saturated carbocycles. The number of hydrogen-bond donors (Lipinski definition) is 1. The minimum absolute atomic E-state index is 0.0570. The van der Waals surface area contributed by atoms with Gasteiger partial charge < -0.3 is 10.2 Å². The van der Waals surface area contributed by atoms with Crippen molar-refractivity contribution in [1.82, 2.24) is 10.2 Å². The molecule has 2 amide bonds. The average molecular weight is 278 g/mol. The SMILES string of the molecule is CC1(CN2CCC(=O)NC3(CCCCC3)C2=O)CCC1. The molecule has 1 spiro atoms. The normalized spacial score (nSPS) is 28.8. The first kappa shape index (κ1) is 13.9. The molecule has 0 atom stereocenters. The summed E-state index contributed by atoms with van der Waals surface area (Å²) in [6, 6.07) is 0. The predicted molar refractivity (Wildman–Crippen MR) is 77.1 cm³/mol. The number of amides is 2. The van der Waals surface area contributed by atoms with E-state index >= 15 is 0 Å². The summed E-state index contributed by atoms with van der Waals surface area (Å²) in [5.74, 6) is 0.248. The van der Waals surface area contributed by atoms with E-state index in [1.165, 1.54) is 25.7 Å². The Morgan fingerprint density at radius 3 is 2.35 bits per heavy atom. The van der Waals surface area contributed by atoms with E-state index in [2.05, 4.69) is 12.2 Å². The van der Waals surface area contributed by atoms with Gasteiger partial charge in [0.05, 0.1) is 0 Å². The van der Waals surface area contributed by atoms with Crippen LogP contribution in [0.3, 0.4) is 0 Å². The van der Waals surface area contributed by atoms with Crippen LogP contribution in [0.4, 0.5) is 0 Å². The molecule has 1 aliphatic heterocycles. The molecule has 0 unspecified atom stereocenters. The van der Waals surface area contributed by atoms with E-state index in [1.807, 2.05) is 4.90 Å². The minimum atomic E-state index is -0.577. The van der Waals surface area contributed by atoms with Gasteiger partial charge in [0.25, 0.3) is 0 Å². The molecule has 3 aliphatic rings. The highest BCUT2D eigenvalue weighted by Gasteiger charge is 2.46. The van der Waals surface area contributed by atoms with Crippen molar-refractivity contribution >= 4 is 11.8 Å². The first-order chi connectivity index (χ1) is 9.53. The molecule has 1 N–H and O–H groups in total. The fourth-order valence-corrected chi connectivity index (χ4v) is 4.07. The maximum absolute atomic E-state index is 13.0. The lowest BCUT2D eigenvalue weighted by Crippen LogP contribution is -2.59. The molecule has 0 aromatic rings. The lowest BCUT2D eigenvalue weighted by Gasteiger charge is -2.44. The van der Waals surface area contributed by atoms with Crippen LogP contribution in [0.25, 0.3) is 0 Å². The van der Waals surface area contributed by atoms with Crippen LogP contribution in [-0.2, 0) is 9.59 Å². The molecule has 4 nitrogen and oxygen atoms in total. The molecule has 0 bridgehead atoms. The van der Waals surface area contributed by atoms with E-state index in [1.54, 1.807) is 0 Å². The lowest BCUT2D eigenvalue weighted by molar-refractivity contribution is -0.142. The van der Waals surface area contributed by atoms with Crippen molar-refractivity contribution in [2.75, 3.05) is 13.1 Å². The fourth-order valence-electron chi connectivity index (χ4n) is 4.07. The third-order valence-corrected chi connectivity index (χ3v) is 5.52. The molecule has 0 aromatic carbocycles. The number of rotatable bonds is 2. The van der Waals surface area contributed by atoms with Crippen LogP contribution in [0.5, 0.6) is 0 Å². The summed E-state index contributed by atoms with van der Waals surface area (Å²) in [7, 11) is 0. The van der Waals surface area contributed by atoms with E-state index in [0.29, 0.717) is 18.4 Å². The van der Waals surface area contributed by atoms with E-state index in [4.69, 9.17) is 0 Å². The third-order valence-electron chi connectivity index (χ3n) is 5.52. The van der Waals surface area contributed by atoms with Crippen LogP contribution in [0, 0.1) is 5.41 Å². The van der Waals surface area contributed by atoms with E-state index < -0.39 is 5.54 Å². The van der Waals surface area contributed by atoms with Crippen molar-refractivity contribution < 1.29 is 9.59 Å². The summed E-state index contributed by atoms with van der Waals surface area (Å²) < 4.78 is 0. The molecular weight excluding hydrogens is 252 g/mol. The van der Waals surface area contributed by atoms with Crippen LogP contribution in [0.15, 0.2) is 0 Å².